The van der Waals surface area contributed by atoms with E-state index in [-0.39, 0.29) is 24.4 Å². The van der Waals surface area contributed by atoms with Crippen molar-refractivity contribution < 1.29 is 28.4 Å². The predicted molar refractivity (Wildman–Crippen MR) is 206 cm³/mol. The fourth-order valence-corrected chi connectivity index (χ4v) is 7.19. The molecule has 2 aliphatic heterocycles. The Morgan fingerprint density at radius 1 is 0.471 bits per heavy atom. The van der Waals surface area contributed by atoms with E-state index >= 15 is 0 Å². The summed E-state index contributed by atoms with van der Waals surface area (Å²) in [4.78, 5) is 0. The fourth-order valence-electron chi connectivity index (χ4n) is 7.19. The van der Waals surface area contributed by atoms with Crippen molar-refractivity contribution in [2.75, 3.05) is 26.4 Å². The lowest BCUT2D eigenvalue weighted by atomic mass is 9.96. The predicted octanol–water partition coefficient (Wildman–Crippen LogP) is 10.4. The first-order valence-electron chi connectivity index (χ1n) is 18.6. The number of rotatable bonds is 16. The van der Waals surface area contributed by atoms with E-state index < -0.39 is 0 Å². The minimum absolute atomic E-state index is 0.102. The molecule has 4 aromatic carbocycles. The monoisotopic (exact) mass is 692 g/mol. The Labute approximate surface area is 305 Å². The van der Waals surface area contributed by atoms with E-state index in [1.54, 1.807) is 0 Å². The second-order valence-corrected chi connectivity index (χ2v) is 15.1. The minimum Gasteiger partial charge on any atom is -0.490 e. The number of ether oxygens (including phenoxy) is 6. The van der Waals surface area contributed by atoms with Gasteiger partial charge < -0.3 is 28.4 Å². The summed E-state index contributed by atoms with van der Waals surface area (Å²) in [5.74, 6) is 3.90. The highest BCUT2D eigenvalue weighted by molar-refractivity contribution is 5.71. The Morgan fingerprint density at radius 3 is 0.980 bits per heavy atom. The molecule has 2 heterocycles. The van der Waals surface area contributed by atoms with Gasteiger partial charge in [0.05, 0.1) is 25.4 Å². The van der Waals surface area contributed by atoms with Gasteiger partial charge in [0, 0.05) is 0 Å². The first-order chi connectivity index (χ1) is 24.4. The largest absolute Gasteiger partial charge is 0.490 e. The highest BCUT2D eigenvalue weighted by atomic mass is 16.6. The molecule has 4 atom stereocenters. The van der Waals surface area contributed by atoms with Crippen LogP contribution >= 0.6 is 0 Å². The quantitative estimate of drug-likeness (QED) is 0.109. The molecular formula is C45H56O6. The third kappa shape index (κ3) is 9.27. The SMILES string of the molecule is Cc1cc(-c2cc(C)c(OC(C)CCCC(C)Oc3c(C)cc(-c4cc(C)c(OCC5CO5)c(C)c4)cc3C)c(C)c2)cc(C)c1OCC1CO1. The van der Waals surface area contributed by atoms with Gasteiger partial charge in [-0.25, -0.2) is 0 Å². The van der Waals surface area contributed by atoms with Crippen molar-refractivity contribution in [3.05, 3.63) is 93.0 Å². The summed E-state index contributed by atoms with van der Waals surface area (Å²) in [7, 11) is 0. The second-order valence-electron chi connectivity index (χ2n) is 15.1. The molecule has 0 saturated carbocycles. The Bertz CT molecular complexity index is 1640. The minimum atomic E-state index is 0.102. The molecule has 272 valence electrons. The van der Waals surface area contributed by atoms with Crippen LogP contribution in [0, 0.1) is 55.4 Å². The Morgan fingerprint density at radius 2 is 0.725 bits per heavy atom. The van der Waals surface area contributed by atoms with Crippen LogP contribution in [-0.2, 0) is 9.47 Å². The van der Waals surface area contributed by atoms with Crippen LogP contribution in [0.1, 0.15) is 77.6 Å². The van der Waals surface area contributed by atoms with Crippen molar-refractivity contribution in [1.82, 2.24) is 0 Å². The maximum absolute atomic E-state index is 6.55. The number of hydrogen-bond donors (Lipinski definition) is 0. The average Bonchev–Trinajstić information content (AvgIpc) is 4.00. The summed E-state index contributed by atoms with van der Waals surface area (Å²) in [6, 6.07) is 17.8. The lowest BCUT2D eigenvalue weighted by Crippen LogP contribution is -2.17. The van der Waals surface area contributed by atoms with Gasteiger partial charge in [0.1, 0.15) is 48.4 Å². The summed E-state index contributed by atoms with van der Waals surface area (Å²) < 4.78 is 35.9. The van der Waals surface area contributed by atoms with Crippen molar-refractivity contribution in [2.45, 2.75) is 113 Å². The normalized spacial score (nSPS) is 17.5. The molecule has 6 heteroatoms. The molecule has 0 amide bonds. The number of aryl methyl sites for hydroxylation is 8. The summed E-state index contributed by atoms with van der Waals surface area (Å²) in [5.41, 5.74) is 14.0. The van der Waals surface area contributed by atoms with Crippen molar-refractivity contribution in [2.24, 2.45) is 0 Å². The molecule has 6 nitrogen and oxygen atoms in total. The highest BCUT2D eigenvalue weighted by Gasteiger charge is 2.25. The molecule has 0 aliphatic carbocycles. The van der Waals surface area contributed by atoms with Crippen molar-refractivity contribution >= 4 is 0 Å². The van der Waals surface area contributed by atoms with Crippen LogP contribution in [0.4, 0.5) is 0 Å². The molecule has 4 aromatic rings. The lowest BCUT2D eigenvalue weighted by molar-refractivity contribution is 0.176. The van der Waals surface area contributed by atoms with E-state index in [0.717, 1.165) is 100.0 Å². The van der Waals surface area contributed by atoms with Gasteiger partial charge in [-0.3, -0.25) is 0 Å². The molecule has 0 bridgehead atoms. The van der Waals surface area contributed by atoms with Gasteiger partial charge in [0.2, 0.25) is 0 Å². The molecule has 0 spiro atoms. The Kier molecular flexibility index (Phi) is 11.3. The smallest absolute Gasteiger partial charge is 0.125 e. The number of epoxide rings is 2. The third-order valence-corrected chi connectivity index (χ3v) is 10.00. The zero-order chi connectivity index (χ0) is 36.4. The highest BCUT2D eigenvalue weighted by Crippen LogP contribution is 2.37. The van der Waals surface area contributed by atoms with E-state index in [0.29, 0.717) is 13.2 Å². The second kappa shape index (κ2) is 15.7. The van der Waals surface area contributed by atoms with Gasteiger partial charge in [0.25, 0.3) is 0 Å². The Hall–Kier alpha value is -4.00. The topological polar surface area (TPSA) is 62.0 Å². The van der Waals surface area contributed by atoms with Crippen molar-refractivity contribution in [1.29, 1.82) is 0 Å². The van der Waals surface area contributed by atoms with Gasteiger partial charge in [-0.15, -0.1) is 0 Å². The van der Waals surface area contributed by atoms with E-state index in [2.05, 4.69) is 118 Å². The number of benzene rings is 4. The van der Waals surface area contributed by atoms with Gasteiger partial charge in [-0.2, -0.15) is 0 Å². The summed E-state index contributed by atoms with van der Waals surface area (Å²) >= 11 is 0. The maximum Gasteiger partial charge on any atom is 0.125 e. The molecule has 2 fully saturated rings. The molecule has 6 rings (SSSR count). The Balaban J connectivity index is 1.01. The molecular weight excluding hydrogens is 636 g/mol. The van der Waals surface area contributed by atoms with Gasteiger partial charge in [-0.05, 0) is 204 Å². The maximum atomic E-state index is 6.55. The summed E-state index contributed by atoms with van der Waals surface area (Å²) in [5, 5.41) is 0. The third-order valence-electron chi connectivity index (χ3n) is 10.00. The molecule has 0 radical (unpaired) electrons. The van der Waals surface area contributed by atoms with E-state index in [9.17, 15) is 0 Å². The fraction of sp³-hybridized carbons (Fsp3) is 0.467. The van der Waals surface area contributed by atoms with Crippen LogP contribution in [0.3, 0.4) is 0 Å². The van der Waals surface area contributed by atoms with E-state index in [1.165, 1.54) is 22.3 Å². The van der Waals surface area contributed by atoms with Crippen LogP contribution in [0.2, 0.25) is 0 Å². The molecule has 51 heavy (non-hydrogen) atoms. The zero-order valence-electron chi connectivity index (χ0n) is 32.3. The first-order valence-corrected chi connectivity index (χ1v) is 18.6. The van der Waals surface area contributed by atoms with Crippen molar-refractivity contribution in [3.63, 3.8) is 0 Å². The lowest BCUT2D eigenvalue weighted by Gasteiger charge is -2.22. The van der Waals surface area contributed by atoms with Gasteiger partial charge in [0.15, 0.2) is 0 Å². The van der Waals surface area contributed by atoms with Crippen LogP contribution < -0.4 is 18.9 Å². The first kappa shape index (κ1) is 36.8. The zero-order valence-corrected chi connectivity index (χ0v) is 32.3. The van der Waals surface area contributed by atoms with Gasteiger partial charge in [-0.1, -0.05) is 0 Å². The average molecular weight is 693 g/mol. The molecule has 0 N–H and O–H groups in total. The van der Waals surface area contributed by atoms with E-state index in [1.807, 2.05) is 0 Å². The van der Waals surface area contributed by atoms with Crippen molar-refractivity contribution in [3.8, 4) is 45.3 Å². The van der Waals surface area contributed by atoms with Crippen LogP contribution in [0.5, 0.6) is 23.0 Å². The standard InChI is InChI=1S/C45H56O6/c1-26-14-36(15-27(2)42(26)48-24-40-22-46-40)38-18-30(5)44(31(6)19-38)50-34(9)12-11-13-35(10)51-45-32(7)20-39(21-33(45)8)37-16-28(3)43(29(4)17-37)49-25-41-23-47-41/h14-21,34-35,40-41H,11-13,22-25H2,1-10H3. The summed E-state index contributed by atoms with van der Waals surface area (Å²) in [6.45, 7) is 24.3. The number of hydrogen-bond acceptors (Lipinski definition) is 6. The molecule has 2 saturated heterocycles. The van der Waals surface area contributed by atoms with Crippen LogP contribution in [0.25, 0.3) is 22.3 Å². The van der Waals surface area contributed by atoms with E-state index in [4.69, 9.17) is 28.4 Å². The summed E-state index contributed by atoms with van der Waals surface area (Å²) in [6.07, 6.45) is 3.64. The molecule has 2 aliphatic rings. The molecule has 4 unspecified atom stereocenters. The van der Waals surface area contributed by atoms with Crippen LogP contribution in [-0.4, -0.2) is 50.8 Å². The van der Waals surface area contributed by atoms with Crippen LogP contribution in [0.15, 0.2) is 48.5 Å². The molecule has 0 aromatic heterocycles. The van der Waals surface area contributed by atoms with Gasteiger partial charge >= 0.3 is 0 Å².